The molecule has 1 fully saturated rings. The predicted octanol–water partition coefficient (Wildman–Crippen LogP) is 2.28. The number of fused-ring (bicyclic) bond motifs is 1. The van der Waals surface area contributed by atoms with E-state index in [1.165, 1.54) is 6.07 Å². The maximum absolute atomic E-state index is 13.6. The Morgan fingerprint density at radius 1 is 1.40 bits per heavy atom. The third-order valence-electron chi connectivity index (χ3n) is 3.42. The average molecular weight is 274 g/mol. The number of aromatic nitrogens is 1. The number of pyridine rings is 1. The minimum Gasteiger partial charge on any atom is -0.376 e. The minimum absolute atomic E-state index is 0.0798. The molecule has 2 aromatic rings. The van der Waals surface area contributed by atoms with E-state index >= 15 is 0 Å². The summed E-state index contributed by atoms with van der Waals surface area (Å²) in [6.07, 6.45) is 2.07. The number of rotatable bonds is 3. The maximum Gasteiger partial charge on any atom is 0.269 e. The van der Waals surface area contributed by atoms with Crippen LogP contribution in [0, 0.1) is 5.82 Å². The number of hydrogen-bond donors (Lipinski definition) is 1. The minimum atomic E-state index is -0.420. The SMILES string of the molecule is O=C(NCC1CCCO1)c1ccc2cccc(F)c2n1. The van der Waals surface area contributed by atoms with Crippen molar-refractivity contribution in [2.24, 2.45) is 0 Å². The first-order valence-corrected chi connectivity index (χ1v) is 6.69. The van der Waals surface area contributed by atoms with Crippen molar-refractivity contribution in [1.82, 2.24) is 10.3 Å². The fourth-order valence-corrected chi connectivity index (χ4v) is 2.34. The molecule has 1 aromatic carbocycles. The summed E-state index contributed by atoms with van der Waals surface area (Å²) in [7, 11) is 0. The first kappa shape index (κ1) is 13.0. The van der Waals surface area contributed by atoms with Gasteiger partial charge in [0.25, 0.3) is 5.91 Å². The van der Waals surface area contributed by atoms with Crippen molar-refractivity contribution in [3.8, 4) is 0 Å². The molecule has 0 saturated carbocycles. The van der Waals surface area contributed by atoms with E-state index in [4.69, 9.17) is 4.74 Å². The highest BCUT2D eigenvalue weighted by Crippen LogP contribution is 2.16. The number of ether oxygens (including phenoxy) is 1. The van der Waals surface area contributed by atoms with Crippen LogP contribution >= 0.6 is 0 Å². The van der Waals surface area contributed by atoms with Crippen molar-refractivity contribution in [2.75, 3.05) is 13.2 Å². The Kier molecular flexibility index (Phi) is 3.60. The highest BCUT2D eigenvalue weighted by atomic mass is 19.1. The van der Waals surface area contributed by atoms with Crippen LogP contribution in [0.1, 0.15) is 23.3 Å². The summed E-state index contributed by atoms with van der Waals surface area (Å²) >= 11 is 0. The van der Waals surface area contributed by atoms with E-state index in [1.54, 1.807) is 24.3 Å². The summed E-state index contributed by atoms with van der Waals surface area (Å²) in [5.41, 5.74) is 0.442. The van der Waals surface area contributed by atoms with Gasteiger partial charge in [0.05, 0.1) is 6.10 Å². The second-order valence-corrected chi connectivity index (χ2v) is 4.85. The van der Waals surface area contributed by atoms with Crippen molar-refractivity contribution < 1.29 is 13.9 Å². The molecule has 1 atom stereocenters. The zero-order valence-electron chi connectivity index (χ0n) is 10.9. The van der Waals surface area contributed by atoms with Crippen molar-refractivity contribution in [2.45, 2.75) is 18.9 Å². The largest absolute Gasteiger partial charge is 0.376 e. The number of amides is 1. The van der Waals surface area contributed by atoms with Crippen molar-refractivity contribution in [3.63, 3.8) is 0 Å². The fourth-order valence-electron chi connectivity index (χ4n) is 2.34. The number of nitrogens with one attached hydrogen (secondary N) is 1. The number of hydrogen-bond acceptors (Lipinski definition) is 3. The van der Waals surface area contributed by atoms with Crippen LogP contribution in [0.15, 0.2) is 30.3 Å². The van der Waals surface area contributed by atoms with E-state index in [1.807, 2.05) is 0 Å². The number of halogens is 1. The van der Waals surface area contributed by atoms with Crippen LogP contribution in [-0.2, 0) is 4.74 Å². The molecular weight excluding hydrogens is 259 g/mol. The fraction of sp³-hybridized carbons (Fsp3) is 0.333. The van der Waals surface area contributed by atoms with Crippen LogP contribution in [0.25, 0.3) is 10.9 Å². The quantitative estimate of drug-likeness (QED) is 0.934. The van der Waals surface area contributed by atoms with E-state index < -0.39 is 5.82 Å². The van der Waals surface area contributed by atoms with Crippen LogP contribution in [-0.4, -0.2) is 30.1 Å². The predicted molar refractivity (Wildman–Crippen MR) is 73.0 cm³/mol. The Labute approximate surface area is 116 Å². The Morgan fingerprint density at radius 2 is 2.30 bits per heavy atom. The number of para-hydroxylation sites is 1. The van der Waals surface area contributed by atoms with E-state index in [0.717, 1.165) is 19.4 Å². The summed E-state index contributed by atoms with van der Waals surface area (Å²) in [5, 5.41) is 3.46. The van der Waals surface area contributed by atoms with Gasteiger partial charge in [-0.1, -0.05) is 18.2 Å². The van der Waals surface area contributed by atoms with Gasteiger partial charge in [0.1, 0.15) is 17.0 Å². The van der Waals surface area contributed by atoms with Crippen LogP contribution in [0.3, 0.4) is 0 Å². The van der Waals surface area contributed by atoms with Gasteiger partial charge in [-0.3, -0.25) is 4.79 Å². The molecule has 5 heteroatoms. The zero-order valence-corrected chi connectivity index (χ0v) is 10.9. The smallest absolute Gasteiger partial charge is 0.269 e. The van der Waals surface area contributed by atoms with E-state index in [9.17, 15) is 9.18 Å². The van der Waals surface area contributed by atoms with Gasteiger partial charge < -0.3 is 10.1 Å². The molecule has 0 aliphatic carbocycles. The second-order valence-electron chi connectivity index (χ2n) is 4.85. The number of benzene rings is 1. The molecule has 4 nitrogen and oxygen atoms in total. The molecule has 0 bridgehead atoms. The molecule has 2 heterocycles. The highest BCUT2D eigenvalue weighted by Gasteiger charge is 2.17. The van der Waals surface area contributed by atoms with Crippen molar-refractivity contribution in [1.29, 1.82) is 0 Å². The molecule has 104 valence electrons. The zero-order chi connectivity index (χ0) is 13.9. The third kappa shape index (κ3) is 2.63. The monoisotopic (exact) mass is 274 g/mol. The molecular formula is C15H15FN2O2. The van der Waals surface area contributed by atoms with Crippen molar-refractivity contribution in [3.05, 3.63) is 41.8 Å². The number of nitrogens with zero attached hydrogens (tertiary/aromatic N) is 1. The third-order valence-corrected chi connectivity index (χ3v) is 3.42. The Morgan fingerprint density at radius 3 is 3.10 bits per heavy atom. The lowest BCUT2D eigenvalue weighted by Crippen LogP contribution is -2.32. The Balaban J connectivity index is 1.75. The van der Waals surface area contributed by atoms with Gasteiger partial charge in [0.15, 0.2) is 0 Å². The Hall–Kier alpha value is -2.01. The van der Waals surface area contributed by atoms with Gasteiger partial charge in [-0.05, 0) is 25.0 Å². The van der Waals surface area contributed by atoms with Crippen LogP contribution < -0.4 is 5.32 Å². The van der Waals surface area contributed by atoms with E-state index in [-0.39, 0.29) is 23.2 Å². The molecule has 1 amide bonds. The summed E-state index contributed by atoms with van der Waals surface area (Å²) < 4.78 is 19.1. The molecule has 3 rings (SSSR count). The summed E-state index contributed by atoms with van der Waals surface area (Å²) in [6, 6.07) is 8.03. The molecule has 1 unspecified atom stereocenters. The number of carbonyl (C=O) groups is 1. The van der Waals surface area contributed by atoms with Gasteiger partial charge in [-0.15, -0.1) is 0 Å². The molecule has 0 spiro atoms. The molecule has 0 radical (unpaired) electrons. The summed E-state index contributed by atoms with van der Waals surface area (Å²) in [5.74, 6) is -0.720. The topological polar surface area (TPSA) is 51.2 Å². The normalized spacial score (nSPS) is 18.4. The first-order chi connectivity index (χ1) is 9.74. The second kappa shape index (κ2) is 5.54. The van der Waals surface area contributed by atoms with Crippen LogP contribution in [0.5, 0.6) is 0 Å². The molecule has 1 saturated heterocycles. The van der Waals surface area contributed by atoms with Crippen LogP contribution in [0.2, 0.25) is 0 Å². The summed E-state index contributed by atoms with van der Waals surface area (Å²) in [6.45, 7) is 1.22. The Bertz CT molecular complexity index is 639. The van der Waals surface area contributed by atoms with Gasteiger partial charge >= 0.3 is 0 Å². The molecule has 1 N–H and O–H groups in total. The number of carbonyl (C=O) groups excluding carboxylic acids is 1. The first-order valence-electron chi connectivity index (χ1n) is 6.69. The van der Waals surface area contributed by atoms with Crippen molar-refractivity contribution >= 4 is 16.8 Å². The van der Waals surface area contributed by atoms with Gasteiger partial charge in [0, 0.05) is 18.5 Å². The van der Waals surface area contributed by atoms with E-state index in [2.05, 4.69) is 10.3 Å². The maximum atomic E-state index is 13.6. The molecule has 1 aliphatic heterocycles. The molecule has 20 heavy (non-hydrogen) atoms. The van der Waals surface area contributed by atoms with Crippen LogP contribution in [0.4, 0.5) is 4.39 Å². The lowest BCUT2D eigenvalue weighted by molar-refractivity contribution is 0.0854. The van der Waals surface area contributed by atoms with Gasteiger partial charge in [-0.2, -0.15) is 0 Å². The molecule has 1 aliphatic rings. The average Bonchev–Trinajstić information content (AvgIpc) is 2.98. The van der Waals surface area contributed by atoms with Gasteiger partial charge in [-0.25, -0.2) is 9.37 Å². The van der Waals surface area contributed by atoms with Gasteiger partial charge in [0.2, 0.25) is 0 Å². The summed E-state index contributed by atoms with van der Waals surface area (Å²) in [4.78, 5) is 16.1. The highest BCUT2D eigenvalue weighted by molar-refractivity contribution is 5.94. The molecule has 1 aromatic heterocycles. The van der Waals surface area contributed by atoms with E-state index in [0.29, 0.717) is 11.9 Å². The standard InChI is InChI=1S/C15H15FN2O2/c16-12-5-1-3-10-6-7-13(18-14(10)12)15(19)17-9-11-4-2-8-20-11/h1,3,5-7,11H,2,4,8-9H2,(H,17,19). The lowest BCUT2D eigenvalue weighted by atomic mass is 10.2. The lowest BCUT2D eigenvalue weighted by Gasteiger charge is -2.10.